The van der Waals surface area contributed by atoms with Crippen molar-refractivity contribution in [1.29, 1.82) is 0 Å². The van der Waals surface area contributed by atoms with Crippen LogP contribution in [0.2, 0.25) is 0 Å². The SMILES string of the molecule is C[C@H](CCCC(=O)O)C1CCC2C3CCP4CCCCC4(C)C3CC[C@@]21C. The molecule has 2 aliphatic heterocycles. The maximum Gasteiger partial charge on any atom is 0.303 e. The van der Waals surface area contributed by atoms with E-state index in [4.69, 9.17) is 5.11 Å². The Morgan fingerprint density at radius 2 is 1.89 bits per heavy atom. The van der Waals surface area contributed by atoms with Crippen LogP contribution < -0.4 is 0 Å². The first kappa shape index (κ1) is 20.2. The Morgan fingerprint density at radius 1 is 1.07 bits per heavy atom. The number of carbonyl (C=O) groups is 1. The Bertz CT molecular complexity index is 563. The van der Waals surface area contributed by atoms with Crippen molar-refractivity contribution in [2.24, 2.45) is 35.0 Å². The summed E-state index contributed by atoms with van der Waals surface area (Å²) in [5, 5.41) is 9.69. The van der Waals surface area contributed by atoms with Crippen molar-refractivity contribution >= 4 is 13.9 Å². The molecule has 2 nitrogen and oxygen atoms in total. The van der Waals surface area contributed by atoms with Gasteiger partial charge >= 0.3 is 5.97 Å². The largest absolute Gasteiger partial charge is 0.481 e. The molecule has 27 heavy (non-hydrogen) atoms. The molecule has 0 aromatic carbocycles. The monoisotopic (exact) mass is 392 g/mol. The molecule has 2 heterocycles. The number of rotatable bonds is 5. The van der Waals surface area contributed by atoms with Crippen molar-refractivity contribution in [3.05, 3.63) is 0 Å². The smallest absolute Gasteiger partial charge is 0.303 e. The third kappa shape index (κ3) is 3.41. The van der Waals surface area contributed by atoms with Gasteiger partial charge in [-0.2, -0.15) is 0 Å². The fourth-order valence-corrected chi connectivity index (χ4v) is 12.2. The predicted octanol–water partition coefficient (Wildman–Crippen LogP) is 6.76. The van der Waals surface area contributed by atoms with E-state index in [-0.39, 0.29) is 0 Å². The van der Waals surface area contributed by atoms with Gasteiger partial charge in [0.05, 0.1) is 0 Å². The second-order valence-electron chi connectivity index (χ2n) is 11.0. The van der Waals surface area contributed by atoms with Crippen LogP contribution in [0, 0.1) is 35.0 Å². The zero-order chi connectivity index (χ0) is 19.2. The number of hydrogen-bond donors (Lipinski definition) is 1. The molecule has 2 saturated heterocycles. The van der Waals surface area contributed by atoms with E-state index in [1.807, 2.05) is 0 Å². The van der Waals surface area contributed by atoms with Gasteiger partial charge in [0, 0.05) is 6.42 Å². The highest BCUT2D eigenvalue weighted by molar-refractivity contribution is 7.59. The third-order valence-corrected chi connectivity index (χ3v) is 13.5. The van der Waals surface area contributed by atoms with E-state index in [0.717, 1.165) is 36.5 Å². The standard InChI is InChI=1S/C24H41O2P/c1-17(7-6-8-22(25)26)19-9-10-20-18-12-16-27-15-5-4-13-24(27,3)21(18)11-14-23(19,20)2/h17-21H,4-16H2,1-3H3,(H,25,26)/t17-,18?,19?,20?,21?,23-,24?,27?/m1/s1. The quantitative estimate of drug-likeness (QED) is 0.525. The highest BCUT2D eigenvalue weighted by atomic mass is 31.1. The van der Waals surface area contributed by atoms with Crippen molar-refractivity contribution in [2.75, 3.05) is 12.3 Å². The molecule has 4 fully saturated rings. The van der Waals surface area contributed by atoms with Gasteiger partial charge in [-0.3, -0.25) is 4.79 Å². The lowest BCUT2D eigenvalue weighted by molar-refractivity contribution is -0.137. The average molecular weight is 393 g/mol. The maximum absolute atomic E-state index is 10.9. The van der Waals surface area contributed by atoms with E-state index in [1.165, 1.54) is 51.4 Å². The Hall–Kier alpha value is -0.100. The van der Waals surface area contributed by atoms with E-state index < -0.39 is 5.97 Å². The highest BCUT2D eigenvalue weighted by Crippen LogP contribution is 2.72. The van der Waals surface area contributed by atoms with Crippen LogP contribution in [0.15, 0.2) is 0 Å². The maximum atomic E-state index is 10.9. The number of fused-ring (bicyclic) bond motifs is 5. The lowest BCUT2D eigenvalue weighted by Gasteiger charge is -2.61. The zero-order valence-electron chi connectivity index (χ0n) is 17.9. The van der Waals surface area contributed by atoms with Crippen LogP contribution >= 0.6 is 7.92 Å². The molecule has 154 valence electrons. The Morgan fingerprint density at radius 3 is 2.67 bits per heavy atom. The average Bonchev–Trinajstić information content (AvgIpc) is 2.98. The lowest BCUT2D eigenvalue weighted by Crippen LogP contribution is -2.52. The van der Waals surface area contributed by atoms with Crippen molar-refractivity contribution < 1.29 is 9.90 Å². The summed E-state index contributed by atoms with van der Waals surface area (Å²) in [6.07, 6.45) is 17.3. The van der Waals surface area contributed by atoms with Crippen molar-refractivity contribution in [2.45, 2.75) is 96.6 Å². The molecule has 6 unspecified atom stereocenters. The summed E-state index contributed by atoms with van der Waals surface area (Å²) >= 11 is 0. The first-order valence-corrected chi connectivity index (χ1v) is 13.5. The second-order valence-corrected chi connectivity index (χ2v) is 14.0. The summed E-state index contributed by atoms with van der Waals surface area (Å²) in [6, 6.07) is 0. The minimum atomic E-state index is -0.627. The fraction of sp³-hybridized carbons (Fsp3) is 0.958. The molecule has 0 aromatic heterocycles. The molecule has 2 aliphatic carbocycles. The van der Waals surface area contributed by atoms with Crippen molar-refractivity contribution in [1.82, 2.24) is 0 Å². The van der Waals surface area contributed by atoms with Crippen LogP contribution in [0.4, 0.5) is 0 Å². The van der Waals surface area contributed by atoms with Crippen LogP contribution in [0.5, 0.6) is 0 Å². The minimum Gasteiger partial charge on any atom is -0.481 e. The van der Waals surface area contributed by atoms with Gasteiger partial charge in [0.15, 0.2) is 0 Å². The van der Waals surface area contributed by atoms with E-state index in [1.54, 1.807) is 12.3 Å². The van der Waals surface area contributed by atoms with Gasteiger partial charge in [-0.05, 0) is 110 Å². The summed E-state index contributed by atoms with van der Waals surface area (Å²) in [5.74, 6) is 3.89. The Labute approximate surface area is 168 Å². The molecular formula is C24H41O2P. The normalized spacial score (nSPS) is 47.6. The van der Waals surface area contributed by atoms with E-state index >= 15 is 0 Å². The summed E-state index contributed by atoms with van der Waals surface area (Å²) in [4.78, 5) is 10.9. The summed E-state index contributed by atoms with van der Waals surface area (Å²) < 4.78 is 0. The molecule has 4 aliphatic rings. The minimum absolute atomic E-state index is 0.300. The molecule has 0 amide bonds. The Balaban J connectivity index is 1.47. The van der Waals surface area contributed by atoms with Gasteiger partial charge in [-0.1, -0.05) is 27.2 Å². The molecule has 2 saturated carbocycles. The van der Waals surface area contributed by atoms with E-state index in [9.17, 15) is 4.79 Å². The molecule has 0 aromatic rings. The molecular weight excluding hydrogens is 351 g/mol. The van der Waals surface area contributed by atoms with Gasteiger partial charge in [-0.15, -0.1) is 7.92 Å². The molecule has 3 heteroatoms. The van der Waals surface area contributed by atoms with Crippen LogP contribution in [-0.4, -0.2) is 28.6 Å². The molecule has 0 spiro atoms. The van der Waals surface area contributed by atoms with E-state index in [0.29, 0.717) is 30.8 Å². The van der Waals surface area contributed by atoms with Crippen LogP contribution in [-0.2, 0) is 4.79 Å². The fourth-order valence-electron chi connectivity index (χ4n) is 8.51. The summed E-state index contributed by atoms with van der Waals surface area (Å²) in [6.45, 7) is 7.77. The molecule has 8 atom stereocenters. The lowest BCUT2D eigenvalue weighted by atomic mass is 9.53. The molecule has 0 radical (unpaired) electrons. The van der Waals surface area contributed by atoms with E-state index in [2.05, 4.69) is 20.8 Å². The van der Waals surface area contributed by atoms with Crippen LogP contribution in [0.25, 0.3) is 0 Å². The predicted molar refractivity (Wildman–Crippen MR) is 115 cm³/mol. The van der Waals surface area contributed by atoms with Gasteiger partial charge < -0.3 is 5.11 Å². The highest BCUT2D eigenvalue weighted by Gasteiger charge is 2.59. The van der Waals surface area contributed by atoms with Crippen molar-refractivity contribution in [3.8, 4) is 0 Å². The molecule has 4 rings (SSSR count). The number of hydrogen-bond acceptors (Lipinski definition) is 1. The zero-order valence-corrected chi connectivity index (χ0v) is 18.8. The van der Waals surface area contributed by atoms with Crippen molar-refractivity contribution in [3.63, 3.8) is 0 Å². The summed E-state index contributed by atoms with van der Waals surface area (Å²) in [7, 11) is 0.300. The number of carboxylic acids is 1. The number of carboxylic acid groups (broad SMARTS) is 1. The molecule has 0 bridgehead atoms. The summed E-state index contributed by atoms with van der Waals surface area (Å²) in [5.41, 5.74) is 0.537. The number of aliphatic carboxylic acids is 1. The van der Waals surface area contributed by atoms with Crippen LogP contribution in [0.3, 0.4) is 0 Å². The van der Waals surface area contributed by atoms with Gasteiger partial charge in [-0.25, -0.2) is 0 Å². The first-order valence-electron chi connectivity index (χ1n) is 11.8. The second kappa shape index (κ2) is 7.62. The van der Waals surface area contributed by atoms with Gasteiger partial charge in [0.25, 0.3) is 0 Å². The van der Waals surface area contributed by atoms with Gasteiger partial charge in [0.2, 0.25) is 0 Å². The third-order valence-electron chi connectivity index (χ3n) is 9.86. The first-order chi connectivity index (χ1) is 12.9. The Kier molecular flexibility index (Phi) is 5.70. The molecule has 1 N–H and O–H groups in total. The van der Waals surface area contributed by atoms with Crippen LogP contribution in [0.1, 0.15) is 91.4 Å². The van der Waals surface area contributed by atoms with Gasteiger partial charge in [0.1, 0.15) is 0 Å². The topological polar surface area (TPSA) is 37.3 Å².